The smallest absolute Gasteiger partial charge is 0.328 e. The lowest BCUT2D eigenvalue weighted by Crippen LogP contribution is -2.43. The first kappa shape index (κ1) is 18.8. The summed E-state index contributed by atoms with van der Waals surface area (Å²) in [5, 5.41) is 2.82. The van der Waals surface area contributed by atoms with Gasteiger partial charge >= 0.3 is 5.97 Å². The summed E-state index contributed by atoms with van der Waals surface area (Å²) >= 11 is 3.36. The molecule has 6 heteroatoms. The fourth-order valence-electron chi connectivity index (χ4n) is 3.16. The van der Waals surface area contributed by atoms with Crippen molar-refractivity contribution >= 4 is 27.8 Å². The Hall–Kier alpha value is -1.56. The highest BCUT2D eigenvalue weighted by Gasteiger charge is 2.27. The molecular weight excluding hydrogens is 374 g/mol. The van der Waals surface area contributed by atoms with Gasteiger partial charge in [-0.25, -0.2) is 4.79 Å². The molecule has 1 amide bonds. The van der Waals surface area contributed by atoms with Crippen LogP contribution in [0.25, 0.3) is 0 Å². The van der Waals surface area contributed by atoms with Crippen molar-refractivity contribution in [3.05, 3.63) is 28.2 Å². The Morgan fingerprint density at radius 2 is 1.96 bits per heavy atom. The Balaban J connectivity index is 2.07. The molecule has 24 heavy (non-hydrogen) atoms. The predicted octanol–water partition coefficient (Wildman–Crippen LogP) is 3.70. The molecule has 132 valence electrons. The number of methoxy groups -OCH3 is 2. The van der Waals surface area contributed by atoms with E-state index >= 15 is 0 Å². The molecule has 0 heterocycles. The molecule has 0 bridgehead atoms. The van der Waals surface area contributed by atoms with Crippen molar-refractivity contribution in [2.75, 3.05) is 14.2 Å². The van der Waals surface area contributed by atoms with Gasteiger partial charge in [-0.2, -0.15) is 0 Å². The van der Waals surface area contributed by atoms with E-state index in [1.54, 1.807) is 25.3 Å². The summed E-state index contributed by atoms with van der Waals surface area (Å²) in [6.07, 6.45) is 6.48. The van der Waals surface area contributed by atoms with Crippen LogP contribution in [0.1, 0.15) is 48.9 Å². The highest BCUT2D eigenvalue weighted by atomic mass is 79.9. The van der Waals surface area contributed by atoms with Crippen molar-refractivity contribution in [1.82, 2.24) is 5.32 Å². The van der Waals surface area contributed by atoms with Crippen molar-refractivity contribution in [1.29, 1.82) is 0 Å². The minimum Gasteiger partial charge on any atom is -0.496 e. The van der Waals surface area contributed by atoms with Crippen LogP contribution in [0.4, 0.5) is 0 Å². The molecule has 0 saturated heterocycles. The van der Waals surface area contributed by atoms with Crippen LogP contribution in [0.3, 0.4) is 0 Å². The van der Waals surface area contributed by atoms with Crippen LogP contribution in [0.15, 0.2) is 22.7 Å². The maximum Gasteiger partial charge on any atom is 0.328 e. The van der Waals surface area contributed by atoms with E-state index in [1.807, 2.05) is 0 Å². The second kappa shape index (κ2) is 9.06. The molecule has 0 aromatic heterocycles. The summed E-state index contributed by atoms with van der Waals surface area (Å²) in [5.41, 5.74) is 0.451. The Bertz CT molecular complexity index is 584. The molecule has 0 radical (unpaired) electrons. The molecule has 1 N–H and O–H groups in total. The van der Waals surface area contributed by atoms with Gasteiger partial charge in [-0.3, -0.25) is 4.79 Å². The SMILES string of the molecule is COC(=O)C(CC1CCCCC1)NC(=O)c1ccc(Br)c(OC)c1. The van der Waals surface area contributed by atoms with Crippen molar-refractivity contribution in [3.63, 3.8) is 0 Å². The van der Waals surface area contributed by atoms with Crippen molar-refractivity contribution in [3.8, 4) is 5.75 Å². The minimum absolute atomic E-state index is 0.299. The van der Waals surface area contributed by atoms with Crippen LogP contribution < -0.4 is 10.1 Å². The standard InChI is InChI=1S/C18H24BrNO4/c1-23-16-11-13(8-9-14(16)19)17(21)20-15(18(22)24-2)10-12-6-4-3-5-7-12/h8-9,11-12,15H,3-7,10H2,1-2H3,(H,20,21). The van der Waals surface area contributed by atoms with E-state index in [-0.39, 0.29) is 5.91 Å². The van der Waals surface area contributed by atoms with Crippen molar-refractivity contribution < 1.29 is 19.1 Å². The molecule has 2 rings (SSSR count). The quantitative estimate of drug-likeness (QED) is 0.743. The average Bonchev–Trinajstić information content (AvgIpc) is 2.61. The predicted molar refractivity (Wildman–Crippen MR) is 95.2 cm³/mol. The number of ether oxygens (including phenoxy) is 2. The summed E-state index contributed by atoms with van der Waals surface area (Å²) in [6.45, 7) is 0. The number of rotatable bonds is 6. The minimum atomic E-state index is -0.611. The molecule has 1 unspecified atom stereocenters. The summed E-state index contributed by atoms with van der Waals surface area (Å²) in [7, 11) is 2.90. The van der Waals surface area contributed by atoms with E-state index in [2.05, 4.69) is 21.2 Å². The number of hydrogen-bond donors (Lipinski definition) is 1. The number of amides is 1. The number of benzene rings is 1. The topological polar surface area (TPSA) is 64.6 Å². The lowest BCUT2D eigenvalue weighted by atomic mass is 9.85. The van der Waals surface area contributed by atoms with Gasteiger partial charge in [0.2, 0.25) is 0 Å². The molecule has 1 aromatic rings. The monoisotopic (exact) mass is 397 g/mol. The van der Waals surface area contributed by atoms with Gasteiger partial charge in [-0.05, 0) is 46.5 Å². The van der Waals surface area contributed by atoms with Crippen LogP contribution in [0, 0.1) is 5.92 Å². The van der Waals surface area contributed by atoms with E-state index < -0.39 is 12.0 Å². The van der Waals surface area contributed by atoms with Gasteiger partial charge in [0, 0.05) is 5.56 Å². The van der Waals surface area contributed by atoms with E-state index in [0.29, 0.717) is 23.7 Å². The second-order valence-electron chi connectivity index (χ2n) is 6.14. The molecule has 5 nitrogen and oxygen atoms in total. The molecule has 0 aliphatic heterocycles. The molecule has 0 spiro atoms. The van der Waals surface area contributed by atoms with Gasteiger partial charge in [0.1, 0.15) is 11.8 Å². The van der Waals surface area contributed by atoms with Gasteiger partial charge < -0.3 is 14.8 Å². The lowest BCUT2D eigenvalue weighted by molar-refractivity contribution is -0.143. The molecule has 1 aliphatic rings. The fraction of sp³-hybridized carbons (Fsp3) is 0.556. The van der Waals surface area contributed by atoms with E-state index in [4.69, 9.17) is 9.47 Å². The number of hydrogen-bond acceptors (Lipinski definition) is 4. The van der Waals surface area contributed by atoms with Gasteiger partial charge in [0.25, 0.3) is 5.91 Å². The lowest BCUT2D eigenvalue weighted by Gasteiger charge is -2.25. The first-order valence-corrected chi connectivity index (χ1v) is 9.06. The highest BCUT2D eigenvalue weighted by Crippen LogP contribution is 2.28. The third kappa shape index (κ3) is 4.97. The largest absolute Gasteiger partial charge is 0.496 e. The average molecular weight is 398 g/mol. The Kier molecular flexibility index (Phi) is 7.09. The summed E-state index contributed by atoms with van der Waals surface area (Å²) in [4.78, 5) is 24.6. The Labute approximate surface area is 151 Å². The third-order valence-electron chi connectivity index (χ3n) is 4.50. The Morgan fingerprint density at radius 1 is 1.25 bits per heavy atom. The van der Waals surface area contributed by atoms with Gasteiger partial charge in [-0.15, -0.1) is 0 Å². The zero-order valence-electron chi connectivity index (χ0n) is 14.1. The van der Waals surface area contributed by atoms with Gasteiger partial charge in [-0.1, -0.05) is 32.1 Å². The molecule has 1 aromatic carbocycles. The van der Waals surface area contributed by atoms with Crippen LogP contribution >= 0.6 is 15.9 Å². The molecule has 1 saturated carbocycles. The summed E-state index contributed by atoms with van der Waals surface area (Å²) in [5.74, 6) is 0.345. The number of carbonyl (C=O) groups is 2. The van der Waals surface area contributed by atoms with Crippen LogP contribution in [-0.2, 0) is 9.53 Å². The van der Waals surface area contributed by atoms with Gasteiger partial charge in [0.05, 0.1) is 18.7 Å². The highest BCUT2D eigenvalue weighted by molar-refractivity contribution is 9.10. The summed E-state index contributed by atoms with van der Waals surface area (Å²) < 4.78 is 10.9. The third-order valence-corrected chi connectivity index (χ3v) is 5.15. The number of carbonyl (C=O) groups excluding carboxylic acids is 2. The fourth-order valence-corrected chi connectivity index (χ4v) is 3.56. The maximum atomic E-state index is 12.5. The first-order chi connectivity index (χ1) is 11.5. The second-order valence-corrected chi connectivity index (χ2v) is 6.99. The maximum absolute atomic E-state index is 12.5. The van der Waals surface area contributed by atoms with Crippen LogP contribution in [0.2, 0.25) is 0 Å². The summed E-state index contributed by atoms with van der Waals surface area (Å²) in [6, 6.07) is 4.48. The Morgan fingerprint density at radius 3 is 2.58 bits per heavy atom. The molecule has 1 aliphatic carbocycles. The van der Waals surface area contributed by atoms with Crippen molar-refractivity contribution in [2.24, 2.45) is 5.92 Å². The number of halogens is 1. The van der Waals surface area contributed by atoms with E-state index in [9.17, 15) is 9.59 Å². The molecule has 1 atom stereocenters. The zero-order valence-corrected chi connectivity index (χ0v) is 15.7. The van der Waals surface area contributed by atoms with Crippen LogP contribution in [0.5, 0.6) is 5.75 Å². The molecule has 1 fully saturated rings. The normalized spacial score (nSPS) is 16.3. The van der Waals surface area contributed by atoms with E-state index in [0.717, 1.165) is 17.3 Å². The van der Waals surface area contributed by atoms with E-state index in [1.165, 1.54) is 26.4 Å². The van der Waals surface area contributed by atoms with Gasteiger partial charge in [0.15, 0.2) is 0 Å². The first-order valence-electron chi connectivity index (χ1n) is 8.27. The number of esters is 1. The van der Waals surface area contributed by atoms with Crippen molar-refractivity contribution in [2.45, 2.75) is 44.6 Å². The molecular formula is C18H24BrNO4. The zero-order chi connectivity index (χ0) is 17.5. The van der Waals surface area contributed by atoms with Crippen LogP contribution in [-0.4, -0.2) is 32.1 Å². The number of nitrogens with one attached hydrogen (secondary N) is 1.